The molecule has 0 radical (unpaired) electrons. The molecule has 0 unspecified atom stereocenters. The van der Waals surface area contributed by atoms with Crippen molar-refractivity contribution in [3.8, 4) is 0 Å². The van der Waals surface area contributed by atoms with Crippen LogP contribution in [-0.4, -0.2) is 11.5 Å². The van der Waals surface area contributed by atoms with E-state index in [0.717, 1.165) is 24.4 Å². The number of nitrogens with one attached hydrogen (secondary N) is 1. The van der Waals surface area contributed by atoms with Crippen molar-refractivity contribution in [1.82, 2.24) is 10.3 Å². The zero-order valence-electron chi connectivity index (χ0n) is 7.42. The smallest absolute Gasteiger partial charge is 0.129 e. The first-order valence-corrected chi connectivity index (χ1v) is 4.19. The molecular weight excluding hydrogens is 242 g/mol. The van der Waals surface area contributed by atoms with E-state index in [4.69, 9.17) is 11.6 Å². The molecule has 5 heteroatoms. The van der Waals surface area contributed by atoms with E-state index in [2.05, 4.69) is 16.9 Å². The van der Waals surface area contributed by atoms with Gasteiger partial charge in [-0.2, -0.15) is 0 Å². The lowest BCUT2D eigenvalue weighted by Gasteiger charge is -2.17. The predicted octanol–water partition coefficient (Wildman–Crippen LogP) is 2.70. The summed E-state index contributed by atoms with van der Waals surface area (Å²) in [5.74, 6) is 0. The number of hydrogen-bond acceptors (Lipinski definition) is 2. The Labute approximate surface area is 101 Å². The molecule has 0 spiro atoms. The fourth-order valence-corrected chi connectivity index (χ4v) is 1.49. The van der Waals surface area contributed by atoms with E-state index < -0.39 is 0 Å². The van der Waals surface area contributed by atoms with Crippen molar-refractivity contribution in [2.24, 2.45) is 0 Å². The summed E-state index contributed by atoms with van der Waals surface area (Å²) in [6.07, 6.45) is 0. The van der Waals surface area contributed by atoms with Crippen molar-refractivity contribution in [3.63, 3.8) is 0 Å². The van der Waals surface area contributed by atoms with E-state index in [1.165, 1.54) is 5.56 Å². The molecule has 0 aromatic carbocycles. The molecule has 1 aromatic rings. The topological polar surface area (TPSA) is 24.9 Å². The van der Waals surface area contributed by atoms with Crippen molar-refractivity contribution in [3.05, 3.63) is 35.1 Å². The van der Waals surface area contributed by atoms with E-state index in [9.17, 15) is 0 Å². The minimum absolute atomic E-state index is 0. The molecule has 2 rings (SSSR count). The standard InChI is InChI=1S/C9H9ClN2.2ClH/c1-6-4-11-5-7-2-3-8(10)12-9(6)7;;/h2-3,11H,1,4-5H2;2*1H. The second-order valence-corrected chi connectivity index (χ2v) is 3.24. The van der Waals surface area contributed by atoms with E-state index in [0.29, 0.717) is 5.15 Å². The normalized spacial score (nSPS) is 13.6. The molecule has 0 saturated heterocycles. The van der Waals surface area contributed by atoms with Gasteiger partial charge in [0.1, 0.15) is 5.15 Å². The van der Waals surface area contributed by atoms with Crippen LogP contribution in [-0.2, 0) is 6.54 Å². The molecular formula is C9H11Cl3N2. The molecule has 1 aromatic heterocycles. The van der Waals surface area contributed by atoms with Gasteiger partial charge in [0.25, 0.3) is 0 Å². The minimum Gasteiger partial charge on any atom is -0.308 e. The summed E-state index contributed by atoms with van der Waals surface area (Å²) in [5, 5.41) is 3.77. The zero-order chi connectivity index (χ0) is 8.55. The van der Waals surface area contributed by atoms with E-state index >= 15 is 0 Å². The van der Waals surface area contributed by atoms with Gasteiger partial charge in [0.05, 0.1) is 5.69 Å². The number of fused-ring (bicyclic) bond motifs is 1. The molecule has 0 fully saturated rings. The van der Waals surface area contributed by atoms with Crippen molar-refractivity contribution in [2.75, 3.05) is 6.54 Å². The van der Waals surface area contributed by atoms with E-state index in [1.54, 1.807) is 6.07 Å². The van der Waals surface area contributed by atoms with Crippen LogP contribution in [0.5, 0.6) is 0 Å². The number of halogens is 3. The second-order valence-electron chi connectivity index (χ2n) is 2.85. The second kappa shape index (κ2) is 5.56. The molecule has 14 heavy (non-hydrogen) atoms. The maximum Gasteiger partial charge on any atom is 0.129 e. The molecule has 2 nitrogen and oxygen atoms in total. The van der Waals surface area contributed by atoms with Gasteiger partial charge in [0.2, 0.25) is 0 Å². The summed E-state index contributed by atoms with van der Waals surface area (Å²) in [4.78, 5) is 4.22. The average molecular weight is 254 g/mol. The largest absolute Gasteiger partial charge is 0.308 e. The molecule has 1 aliphatic heterocycles. The highest BCUT2D eigenvalue weighted by Gasteiger charge is 2.12. The van der Waals surface area contributed by atoms with Crippen molar-refractivity contribution in [2.45, 2.75) is 6.54 Å². The summed E-state index contributed by atoms with van der Waals surface area (Å²) in [6.45, 7) is 5.58. The highest BCUT2D eigenvalue weighted by atomic mass is 35.5. The van der Waals surface area contributed by atoms with E-state index in [-0.39, 0.29) is 24.8 Å². The predicted molar refractivity (Wildman–Crippen MR) is 64.5 cm³/mol. The Bertz CT molecular complexity index is 339. The first kappa shape index (κ1) is 13.7. The summed E-state index contributed by atoms with van der Waals surface area (Å²) in [6, 6.07) is 3.79. The SMILES string of the molecule is C=C1CNCc2ccc(Cl)nc21.Cl.Cl. The van der Waals surface area contributed by atoms with Crippen LogP contribution >= 0.6 is 36.4 Å². The van der Waals surface area contributed by atoms with Crippen LogP contribution in [0.3, 0.4) is 0 Å². The van der Waals surface area contributed by atoms with Crippen molar-refractivity contribution in [1.29, 1.82) is 0 Å². The first-order chi connectivity index (χ1) is 5.77. The molecule has 1 N–H and O–H groups in total. The first-order valence-electron chi connectivity index (χ1n) is 3.81. The summed E-state index contributed by atoms with van der Waals surface area (Å²) >= 11 is 5.77. The summed E-state index contributed by atoms with van der Waals surface area (Å²) in [7, 11) is 0. The van der Waals surface area contributed by atoms with Gasteiger partial charge in [-0.3, -0.25) is 0 Å². The van der Waals surface area contributed by atoms with Crippen LogP contribution in [0.4, 0.5) is 0 Å². The Kier molecular flexibility index (Phi) is 5.45. The third-order valence-electron chi connectivity index (χ3n) is 1.93. The third-order valence-corrected chi connectivity index (χ3v) is 2.14. The summed E-state index contributed by atoms with van der Waals surface area (Å²) in [5.41, 5.74) is 3.15. The lowest BCUT2D eigenvalue weighted by atomic mass is 10.0. The quantitative estimate of drug-likeness (QED) is 0.719. The summed E-state index contributed by atoms with van der Waals surface area (Å²) < 4.78 is 0. The molecule has 0 atom stereocenters. The van der Waals surface area contributed by atoms with E-state index in [1.807, 2.05) is 6.07 Å². The molecule has 0 bridgehead atoms. The average Bonchev–Trinajstić information content (AvgIpc) is 2.07. The number of aromatic nitrogens is 1. The fourth-order valence-electron chi connectivity index (χ4n) is 1.34. The maximum absolute atomic E-state index is 5.77. The molecule has 0 aliphatic carbocycles. The lowest BCUT2D eigenvalue weighted by molar-refractivity contribution is 0.736. The Hall–Kier alpha value is -0.280. The minimum atomic E-state index is 0. The monoisotopic (exact) mass is 252 g/mol. The number of hydrogen-bond donors (Lipinski definition) is 1. The number of nitrogens with zero attached hydrogens (tertiary/aromatic N) is 1. The molecule has 78 valence electrons. The van der Waals surface area contributed by atoms with Crippen LogP contribution in [0.15, 0.2) is 18.7 Å². The highest BCUT2D eigenvalue weighted by Crippen LogP contribution is 2.20. The highest BCUT2D eigenvalue weighted by molar-refractivity contribution is 6.29. The van der Waals surface area contributed by atoms with Crippen LogP contribution in [0, 0.1) is 0 Å². The van der Waals surface area contributed by atoms with Gasteiger partial charge in [-0.1, -0.05) is 24.2 Å². The Morgan fingerprint density at radius 3 is 2.71 bits per heavy atom. The molecule has 2 heterocycles. The molecule has 1 aliphatic rings. The van der Waals surface area contributed by atoms with Crippen LogP contribution in [0.25, 0.3) is 5.57 Å². The van der Waals surface area contributed by atoms with Gasteiger partial charge in [-0.25, -0.2) is 4.98 Å². The van der Waals surface area contributed by atoms with Gasteiger partial charge >= 0.3 is 0 Å². The number of pyridine rings is 1. The van der Waals surface area contributed by atoms with Crippen LogP contribution in [0.2, 0.25) is 5.15 Å². The fraction of sp³-hybridized carbons (Fsp3) is 0.222. The van der Waals surface area contributed by atoms with Gasteiger partial charge in [-0.05, 0) is 17.2 Å². The van der Waals surface area contributed by atoms with Crippen LogP contribution in [0.1, 0.15) is 11.3 Å². The maximum atomic E-state index is 5.77. The lowest BCUT2D eigenvalue weighted by Crippen LogP contribution is -2.23. The van der Waals surface area contributed by atoms with Gasteiger partial charge in [-0.15, -0.1) is 24.8 Å². The number of rotatable bonds is 0. The van der Waals surface area contributed by atoms with Gasteiger partial charge < -0.3 is 5.32 Å². The third kappa shape index (κ3) is 2.61. The van der Waals surface area contributed by atoms with Crippen molar-refractivity contribution >= 4 is 42.0 Å². The Morgan fingerprint density at radius 1 is 1.29 bits per heavy atom. The zero-order valence-corrected chi connectivity index (χ0v) is 9.81. The Morgan fingerprint density at radius 2 is 2.00 bits per heavy atom. The van der Waals surface area contributed by atoms with Crippen molar-refractivity contribution < 1.29 is 0 Å². The van der Waals surface area contributed by atoms with Gasteiger partial charge in [0, 0.05) is 13.1 Å². The van der Waals surface area contributed by atoms with Crippen LogP contribution < -0.4 is 5.32 Å². The Balaban J connectivity index is 0.000000845. The molecule has 0 saturated carbocycles. The molecule has 0 amide bonds. The van der Waals surface area contributed by atoms with Gasteiger partial charge in [0.15, 0.2) is 0 Å².